The van der Waals surface area contributed by atoms with Gasteiger partial charge in [0.2, 0.25) is 0 Å². The average molecular weight is 404 g/mol. The van der Waals surface area contributed by atoms with Gasteiger partial charge in [0, 0.05) is 5.56 Å². The number of aliphatic hydroxyl groups excluding tert-OH is 1. The molecule has 28 heavy (non-hydrogen) atoms. The number of hydrogen-bond acceptors (Lipinski definition) is 4. The lowest BCUT2D eigenvalue weighted by atomic mass is 9.75. The van der Waals surface area contributed by atoms with Crippen LogP contribution in [0.15, 0.2) is 48.5 Å². The first-order valence-electron chi connectivity index (χ1n) is 10.0. The van der Waals surface area contributed by atoms with Gasteiger partial charge < -0.3 is 19.9 Å². The maximum atomic E-state index is 11.3. The number of methoxy groups -OCH3 is 1. The zero-order valence-corrected chi connectivity index (χ0v) is 17.2. The highest BCUT2D eigenvalue weighted by Gasteiger charge is 2.49. The monoisotopic (exact) mass is 403 g/mol. The van der Waals surface area contributed by atoms with Crippen LogP contribution in [0.4, 0.5) is 0 Å². The fourth-order valence-electron chi connectivity index (χ4n) is 4.52. The van der Waals surface area contributed by atoms with E-state index in [1.165, 1.54) is 12.0 Å². The fourth-order valence-corrected chi connectivity index (χ4v) is 4.52. The Labute approximate surface area is 173 Å². The summed E-state index contributed by atoms with van der Waals surface area (Å²) in [5.74, 6) is 1.80. The molecule has 1 saturated carbocycles. The van der Waals surface area contributed by atoms with Crippen LogP contribution >= 0.6 is 12.4 Å². The number of halogens is 1. The maximum absolute atomic E-state index is 11.3. The van der Waals surface area contributed by atoms with Crippen LogP contribution < -0.4 is 14.8 Å². The van der Waals surface area contributed by atoms with Crippen molar-refractivity contribution in [2.75, 3.05) is 13.7 Å². The molecule has 2 atom stereocenters. The third kappa shape index (κ3) is 4.14. The number of rotatable bonds is 5. The van der Waals surface area contributed by atoms with E-state index in [0.717, 1.165) is 55.7 Å². The Morgan fingerprint density at radius 3 is 2.50 bits per heavy atom. The number of para-hydroxylation sites is 1. The van der Waals surface area contributed by atoms with Gasteiger partial charge in [-0.25, -0.2) is 0 Å². The molecule has 2 N–H and O–H groups in total. The van der Waals surface area contributed by atoms with Gasteiger partial charge in [0.25, 0.3) is 0 Å². The quantitative estimate of drug-likeness (QED) is 0.774. The van der Waals surface area contributed by atoms with Gasteiger partial charge in [0.15, 0.2) is 0 Å². The van der Waals surface area contributed by atoms with E-state index in [9.17, 15) is 5.11 Å². The van der Waals surface area contributed by atoms with Gasteiger partial charge >= 0.3 is 0 Å². The highest BCUT2D eigenvalue weighted by molar-refractivity contribution is 5.85. The van der Waals surface area contributed by atoms with Crippen LogP contribution in [0, 0.1) is 0 Å². The van der Waals surface area contributed by atoms with E-state index in [1.54, 1.807) is 7.11 Å². The molecule has 4 rings (SSSR count). The summed E-state index contributed by atoms with van der Waals surface area (Å²) >= 11 is 0. The predicted octanol–water partition coefficient (Wildman–Crippen LogP) is 4.45. The summed E-state index contributed by atoms with van der Waals surface area (Å²) < 4.78 is 11.6. The van der Waals surface area contributed by atoms with Gasteiger partial charge in [0.1, 0.15) is 23.2 Å². The van der Waals surface area contributed by atoms with Crippen molar-refractivity contribution in [1.82, 2.24) is 5.32 Å². The zero-order chi connectivity index (χ0) is 18.7. The van der Waals surface area contributed by atoms with Crippen LogP contribution in [-0.2, 0) is 6.42 Å². The first-order chi connectivity index (χ1) is 13.2. The van der Waals surface area contributed by atoms with E-state index in [2.05, 4.69) is 23.5 Å². The minimum absolute atomic E-state index is 0. The Hall–Kier alpha value is -1.75. The molecule has 2 aliphatic rings. The number of aliphatic hydroxyl groups is 1. The molecule has 1 spiro atoms. The smallest absolute Gasteiger partial charge is 0.137 e. The molecule has 2 unspecified atom stereocenters. The van der Waals surface area contributed by atoms with E-state index in [1.807, 2.05) is 30.3 Å². The standard InChI is InChI=1S/C23H29NO3.ClH/c1-26-18-11-9-17(10-12-18)13-16-24-21-19-7-3-4-8-20(19)27-23(22(21)25)14-5-2-6-15-23;/h3-4,7-12,21-22,24-25H,2,5-6,13-16H2,1H3;1H. The topological polar surface area (TPSA) is 50.7 Å². The average Bonchev–Trinajstić information content (AvgIpc) is 2.72. The Balaban J connectivity index is 0.00000225. The van der Waals surface area contributed by atoms with Crippen molar-refractivity contribution in [2.45, 2.75) is 56.3 Å². The van der Waals surface area contributed by atoms with Crippen molar-refractivity contribution in [3.8, 4) is 11.5 Å². The SMILES string of the molecule is COc1ccc(CCNC2c3ccccc3OC3(CCCCC3)C2O)cc1.Cl. The Morgan fingerprint density at radius 1 is 1.07 bits per heavy atom. The molecular weight excluding hydrogens is 374 g/mol. The molecular formula is C23H30ClNO3. The van der Waals surface area contributed by atoms with Crippen molar-refractivity contribution in [1.29, 1.82) is 0 Å². The van der Waals surface area contributed by atoms with Crippen molar-refractivity contribution in [3.05, 3.63) is 59.7 Å². The minimum Gasteiger partial charge on any atom is -0.497 e. The zero-order valence-electron chi connectivity index (χ0n) is 16.4. The second-order valence-corrected chi connectivity index (χ2v) is 7.74. The Kier molecular flexibility index (Phi) is 6.86. The highest BCUT2D eigenvalue weighted by atomic mass is 35.5. The fraction of sp³-hybridized carbons (Fsp3) is 0.478. The predicted molar refractivity (Wildman–Crippen MR) is 114 cm³/mol. The van der Waals surface area contributed by atoms with Gasteiger partial charge in [-0.05, 0) is 62.4 Å². The number of hydrogen-bond donors (Lipinski definition) is 2. The number of nitrogens with one attached hydrogen (secondary N) is 1. The number of benzene rings is 2. The molecule has 0 bridgehead atoms. The van der Waals surface area contributed by atoms with Crippen molar-refractivity contribution in [3.63, 3.8) is 0 Å². The number of fused-ring (bicyclic) bond motifs is 1. The van der Waals surface area contributed by atoms with E-state index < -0.39 is 11.7 Å². The van der Waals surface area contributed by atoms with E-state index in [0.29, 0.717) is 0 Å². The first-order valence-corrected chi connectivity index (χ1v) is 10.0. The van der Waals surface area contributed by atoms with Crippen LogP contribution in [-0.4, -0.2) is 30.5 Å². The summed E-state index contributed by atoms with van der Waals surface area (Å²) in [6.45, 7) is 0.804. The van der Waals surface area contributed by atoms with Crippen LogP contribution in [0.1, 0.15) is 49.3 Å². The highest BCUT2D eigenvalue weighted by Crippen LogP contribution is 2.46. The molecule has 0 saturated heterocycles. The molecule has 2 aromatic carbocycles. The van der Waals surface area contributed by atoms with E-state index >= 15 is 0 Å². The second kappa shape index (κ2) is 9.17. The lowest BCUT2D eigenvalue weighted by Crippen LogP contribution is -2.57. The lowest BCUT2D eigenvalue weighted by Gasteiger charge is -2.48. The van der Waals surface area contributed by atoms with E-state index in [-0.39, 0.29) is 18.4 Å². The molecule has 1 heterocycles. The van der Waals surface area contributed by atoms with E-state index in [4.69, 9.17) is 9.47 Å². The first kappa shape index (κ1) is 21.0. The summed E-state index contributed by atoms with van der Waals surface area (Å²) in [4.78, 5) is 0. The Bertz CT molecular complexity index is 759. The normalized spacial score (nSPS) is 22.6. The van der Waals surface area contributed by atoms with Crippen LogP contribution in [0.2, 0.25) is 0 Å². The molecule has 1 aliphatic heterocycles. The van der Waals surface area contributed by atoms with Crippen LogP contribution in [0.25, 0.3) is 0 Å². The van der Waals surface area contributed by atoms with Crippen molar-refractivity contribution >= 4 is 12.4 Å². The van der Waals surface area contributed by atoms with Crippen molar-refractivity contribution < 1.29 is 14.6 Å². The maximum Gasteiger partial charge on any atom is 0.137 e. The molecule has 0 radical (unpaired) electrons. The molecule has 5 heteroatoms. The summed E-state index contributed by atoms with van der Waals surface area (Å²) in [6, 6.07) is 16.2. The van der Waals surface area contributed by atoms with Crippen molar-refractivity contribution in [2.24, 2.45) is 0 Å². The van der Waals surface area contributed by atoms with Gasteiger partial charge in [-0.15, -0.1) is 12.4 Å². The summed E-state index contributed by atoms with van der Waals surface area (Å²) in [6.07, 6.45) is 5.72. The Morgan fingerprint density at radius 2 is 1.79 bits per heavy atom. The summed E-state index contributed by atoms with van der Waals surface area (Å²) in [7, 11) is 1.68. The third-order valence-electron chi connectivity index (χ3n) is 6.06. The molecule has 0 aromatic heterocycles. The molecule has 4 nitrogen and oxygen atoms in total. The van der Waals surface area contributed by atoms with Crippen LogP contribution in [0.3, 0.4) is 0 Å². The minimum atomic E-state index is -0.524. The van der Waals surface area contributed by atoms with Gasteiger partial charge in [-0.1, -0.05) is 36.8 Å². The van der Waals surface area contributed by atoms with Gasteiger partial charge in [-0.2, -0.15) is 0 Å². The third-order valence-corrected chi connectivity index (χ3v) is 6.06. The molecule has 0 amide bonds. The molecule has 1 fully saturated rings. The molecule has 1 aliphatic carbocycles. The lowest BCUT2D eigenvalue weighted by molar-refractivity contribution is -0.107. The van der Waals surface area contributed by atoms with Gasteiger partial charge in [0.05, 0.1) is 13.2 Å². The summed E-state index contributed by atoms with van der Waals surface area (Å²) in [5, 5.41) is 14.9. The van der Waals surface area contributed by atoms with Crippen LogP contribution in [0.5, 0.6) is 11.5 Å². The second-order valence-electron chi connectivity index (χ2n) is 7.74. The van der Waals surface area contributed by atoms with Gasteiger partial charge in [-0.3, -0.25) is 0 Å². The molecule has 152 valence electrons. The largest absolute Gasteiger partial charge is 0.497 e. The number of ether oxygens (including phenoxy) is 2. The summed E-state index contributed by atoms with van der Waals surface area (Å²) in [5.41, 5.74) is 1.88. The molecule has 2 aromatic rings.